The van der Waals surface area contributed by atoms with Gasteiger partial charge >= 0.3 is 0 Å². The van der Waals surface area contributed by atoms with E-state index in [0.717, 1.165) is 0 Å². The Morgan fingerprint density at radius 3 is 2.72 bits per heavy atom. The fourth-order valence-corrected chi connectivity index (χ4v) is 3.60. The van der Waals surface area contributed by atoms with Gasteiger partial charge in [0, 0.05) is 19.3 Å². The quantitative estimate of drug-likeness (QED) is 0.801. The third kappa shape index (κ3) is 3.49. The summed E-state index contributed by atoms with van der Waals surface area (Å²) in [6, 6.07) is 5.57. The molecule has 2 N–H and O–H groups in total. The smallest absolute Gasteiger partial charge is 0.276 e. The lowest BCUT2D eigenvalue weighted by Gasteiger charge is -2.42. The van der Waals surface area contributed by atoms with Crippen molar-refractivity contribution in [1.29, 1.82) is 0 Å². The Labute approximate surface area is 165 Å². The third-order valence-electron chi connectivity index (χ3n) is 5.11. The Kier molecular flexibility index (Phi) is 4.83. The molecule has 1 aromatic heterocycles. The van der Waals surface area contributed by atoms with E-state index in [1.807, 2.05) is 6.92 Å². The molecule has 4 rings (SSSR count). The molecule has 0 aliphatic carbocycles. The summed E-state index contributed by atoms with van der Waals surface area (Å²) < 4.78 is 20.1. The first kappa shape index (κ1) is 19.1. The number of pyridine rings is 1. The molecule has 9 heteroatoms. The molecular weight excluding hydrogens is 381 g/mol. The van der Waals surface area contributed by atoms with Gasteiger partial charge in [0.25, 0.3) is 11.8 Å². The fraction of sp³-hybridized carbons (Fsp3) is 0.350. The van der Waals surface area contributed by atoms with Crippen LogP contribution >= 0.6 is 0 Å². The van der Waals surface area contributed by atoms with Crippen molar-refractivity contribution in [3.8, 4) is 5.75 Å². The molecule has 3 heterocycles. The van der Waals surface area contributed by atoms with Gasteiger partial charge in [0.05, 0.1) is 13.2 Å². The molecule has 1 saturated heterocycles. The van der Waals surface area contributed by atoms with Crippen LogP contribution in [0.2, 0.25) is 0 Å². The number of hydrogen-bond donors (Lipinski definition) is 2. The summed E-state index contributed by atoms with van der Waals surface area (Å²) in [5, 5.41) is 12.9. The first-order valence-corrected chi connectivity index (χ1v) is 9.26. The predicted molar refractivity (Wildman–Crippen MR) is 99.9 cm³/mol. The standard InChI is InChI=1S/C20H20FN3O5/c1-11-7-24-15(29-10-11)9-23-8-14(17(25)18(26)16(23)20(24)28)19(27)22-6-12-2-4-13(21)5-3-12/h2-5,8,11,15,26H,6-7,9-10H2,1H3,(H,22,27)/t11?,15-/m0/s1. The van der Waals surface area contributed by atoms with Crippen molar-refractivity contribution in [3.63, 3.8) is 0 Å². The molecule has 0 spiro atoms. The number of hydrogen-bond acceptors (Lipinski definition) is 5. The fourth-order valence-electron chi connectivity index (χ4n) is 3.60. The van der Waals surface area contributed by atoms with E-state index >= 15 is 0 Å². The summed E-state index contributed by atoms with van der Waals surface area (Å²) in [6.45, 7) is 3.20. The van der Waals surface area contributed by atoms with Crippen LogP contribution in [-0.4, -0.2) is 45.8 Å². The van der Waals surface area contributed by atoms with Crippen LogP contribution in [0.25, 0.3) is 0 Å². The van der Waals surface area contributed by atoms with Crippen molar-refractivity contribution < 1.29 is 23.8 Å². The summed E-state index contributed by atoms with van der Waals surface area (Å²) in [7, 11) is 0. The van der Waals surface area contributed by atoms with Crippen molar-refractivity contribution in [2.75, 3.05) is 13.2 Å². The number of nitrogens with zero attached hydrogens (tertiary/aromatic N) is 2. The zero-order chi connectivity index (χ0) is 20.7. The van der Waals surface area contributed by atoms with E-state index in [2.05, 4.69) is 5.32 Å². The van der Waals surface area contributed by atoms with Crippen LogP contribution in [0.4, 0.5) is 4.39 Å². The Morgan fingerprint density at radius 1 is 1.28 bits per heavy atom. The molecule has 1 aromatic carbocycles. The van der Waals surface area contributed by atoms with E-state index in [9.17, 15) is 23.9 Å². The molecule has 2 atom stereocenters. The van der Waals surface area contributed by atoms with E-state index in [-0.39, 0.29) is 30.3 Å². The highest BCUT2D eigenvalue weighted by molar-refractivity contribution is 5.99. The van der Waals surface area contributed by atoms with Gasteiger partial charge in [-0.2, -0.15) is 0 Å². The van der Waals surface area contributed by atoms with Crippen molar-refractivity contribution in [2.24, 2.45) is 5.92 Å². The number of amides is 2. The molecule has 152 valence electrons. The molecule has 0 radical (unpaired) electrons. The molecule has 2 aliphatic rings. The minimum absolute atomic E-state index is 0.0808. The Hall–Kier alpha value is -3.20. The van der Waals surface area contributed by atoms with Gasteiger partial charge in [-0.3, -0.25) is 14.4 Å². The van der Waals surface area contributed by atoms with Crippen molar-refractivity contribution in [1.82, 2.24) is 14.8 Å². The number of carbonyl (C=O) groups excluding carboxylic acids is 2. The summed E-state index contributed by atoms with van der Waals surface area (Å²) in [6.07, 6.45) is 0.761. The van der Waals surface area contributed by atoms with Crippen LogP contribution in [-0.2, 0) is 17.8 Å². The molecule has 0 bridgehead atoms. The second kappa shape index (κ2) is 7.32. The van der Waals surface area contributed by atoms with Crippen LogP contribution in [0.5, 0.6) is 5.75 Å². The molecule has 1 fully saturated rings. The second-order valence-electron chi connectivity index (χ2n) is 7.38. The molecule has 1 unspecified atom stereocenters. The lowest BCUT2D eigenvalue weighted by atomic mass is 10.1. The number of aromatic nitrogens is 1. The van der Waals surface area contributed by atoms with Gasteiger partial charge in [-0.25, -0.2) is 4.39 Å². The average Bonchev–Trinajstić information content (AvgIpc) is 2.70. The summed E-state index contributed by atoms with van der Waals surface area (Å²) in [5.74, 6) is -2.19. The minimum atomic E-state index is -0.911. The molecule has 0 saturated carbocycles. The van der Waals surface area contributed by atoms with Gasteiger partial charge in [-0.05, 0) is 23.6 Å². The van der Waals surface area contributed by atoms with E-state index in [0.29, 0.717) is 18.7 Å². The van der Waals surface area contributed by atoms with E-state index < -0.39 is 35.0 Å². The topological polar surface area (TPSA) is 101 Å². The van der Waals surface area contributed by atoms with Crippen LogP contribution < -0.4 is 10.7 Å². The Bertz CT molecular complexity index is 1030. The highest BCUT2D eigenvalue weighted by Gasteiger charge is 2.39. The zero-order valence-corrected chi connectivity index (χ0v) is 15.7. The highest BCUT2D eigenvalue weighted by Crippen LogP contribution is 2.27. The maximum atomic E-state index is 13.0. The summed E-state index contributed by atoms with van der Waals surface area (Å²) in [5.41, 5.74) is -0.680. The van der Waals surface area contributed by atoms with Gasteiger partial charge in [0.2, 0.25) is 5.43 Å². The van der Waals surface area contributed by atoms with Gasteiger partial charge < -0.3 is 24.6 Å². The molecule has 29 heavy (non-hydrogen) atoms. The largest absolute Gasteiger partial charge is 0.503 e. The van der Waals surface area contributed by atoms with Crippen LogP contribution in [0, 0.1) is 11.7 Å². The Morgan fingerprint density at radius 2 is 2.00 bits per heavy atom. The van der Waals surface area contributed by atoms with Gasteiger partial charge in [-0.15, -0.1) is 0 Å². The number of carbonyl (C=O) groups is 2. The number of halogens is 1. The molecule has 2 amide bonds. The third-order valence-corrected chi connectivity index (χ3v) is 5.11. The van der Waals surface area contributed by atoms with Crippen molar-refractivity contribution >= 4 is 11.8 Å². The van der Waals surface area contributed by atoms with Crippen LogP contribution in [0.15, 0.2) is 35.3 Å². The van der Waals surface area contributed by atoms with E-state index in [1.54, 1.807) is 0 Å². The number of fused-ring (bicyclic) bond motifs is 2. The van der Waals surface area contributed by atoms with E-state index in [4.69, 9.17) is 4.74 Å². The average molecular weight is 401 g/mol. The lowest BCUT2D eigenvalue weighted by molar-refractivity contribution is -0.111. The SMILES string of the molecule is CC1CO[C@H]2Cn3cc(C(=O)NCc4ccc(F)cc4)c(=O)c(O)c3C(=O)N2C1. The maximum absolute atomic E-state index is 13.0. The van der Waals surface area contributed by atoms with Crippen LogP contribution in [0.3, 0.4) is 0 Å². The van der Waals surface area contributed by atoms with E-state index in [1.165, 1.54) is 39.9 Å². The first-order valence-electron chi connectivity index (χ1n) is 9.26. The zero-order valence-electron chi connectivity index (χ0n) is 15.7. The summed E-state index contributed by atoms with van der Waals surface area (Å²) >= 11 is 0. The molecule has 2 aliphatic heterocycles. The van der Waals surface area contributed by atoms with Gasteiger partial charge in [0.15, 0.2) is 17.7 Å². The highest BCUT2D eigenvalue weighted by atomic mass is 19.1. The number of nitrogens with one attached hydrogen (secondary N) is 1. The number of ether oxygens (including phenoxy) is 1. The monoisotopic (exact) mass is 401 g/mol. The van der Waals surface area contributed by atoms with Crippen LogP contribution in [0.1, 0.15) is 33.3 Å². The van der Waals surface area contributed by atoms with Crippen molar-refractivity contribution in [3.05, 3.63) is 63.3 Å². The predicted octanol–water partition coefficient (Wildman–Crippen LogP) is 1.07. The number of benzene rings is 1. The summed E-state index contributed by atoms with van der Waals surface area (Å²) in [4.78, 5) is 39.3. The molecular formula is C20H20FN3O5. The Balaban J connectivity index is 1.61. The van der Waals surface area contributed by atoms with Crippen molar-refractivity contribution in [2.45, 2.75) is 26.2 Å². The molecule has 8 nitrogen and oxygen atoms in total. The van der Waals surface area contributed by atoms with Gasteiger partial charge in [-0.1, -0.05) is 19.1 Å². The first-order chi connectivity index (χ1) is 13.8. The van der Waals surface area contributed by atoms with Gasteiger partial charge in [0.1, 0.15) is 11.4 Å². The maximum Gasteiger partial charge on any atom is 0.276 e. The molecule has 2 aromatic rings. The normalized spacial score (nSPS) is 20.8. The lowest BCUT2D eigenvalue weighted by Crippen LogP contribution is -2.55. The minimum Gasteiger partial charge on any atom is -0.503 e. The second-order valence-corrected chi connectivity index (χ2v) is 7.38. The number of aromatic hydroxyl groups is 1. The number of rotatable bonds is 3.